The zero-order chi connectivity index (χ0) is 28.9. The van der Waals surface area contributed by atoms with Crippen LogP contribution in [0.1, 0.15) is 32.9 Å². The van der Waals surface area contributed by atoms with Gasteiger partial charge in [-0.25, -0.2) is 4.68 Å². The third-order valence-electron chi connectivity index (χ3n) is 5.63. The number of amides is 1. The number of allylic oxidation sites excluding steroid dienone is 1. The monoisotopic (exact) mass is 568 g/mol. The summed E-state index contributed by atoms with van der Waals surface area (Å²) in [5, 5.41) is 8.16. The molecule has 1 aliphatic heterocycles. The van der Waals surface area contributed by atoms with Crippen LogP contribution < -0.4 is 0 Å². The second-order valence-corrected chi connectivity index (χ2v) is 10.3. The Morgan fingerprint density at radius 1 is 0.700 bits per heavy atom. The lowest BCUT2D eigenvalue weighted by molar-refractivity contribution is -0.123. The number of rotatable bonds is 25. The summed E-state index contributed by atoms with van der Waals surface area (Å²) < 4.78 is 40.2. The molecule has 0 aromatic carbocycles. The summed E-state index contributed by atoms with van der Waals surface area (Å²) in [6.45, 7) is 19.0. The molecule has 0 saturated carbocycles. The van der Waals surface area contributed by atoms with Gasteiger partial charge < -0.3 is 38.1 Å². The van der Waals surface area contributed by atoms with Crippen LogP contribution in [0.2, 0.25) is 0 Å². The first kappa shape index (κ1) is 34.0. The van der Waals surface area contributed by atoms with Crippen LogP contribution in [0.5, 0.6) is 0 Å². The van der Waals surface area contributed by atoms with Crippen molar-refractivity contribution in [3.05, 3.63) is 36.3 Å². The van der Waals surface area contributed by atoms with E-state index >= 15 is 0 Å². The van der Waals surface area contributed by atoms with Crippen LogP contribution in [0.4, 0.5) is 0 Å². The Balaban J connectivity index is 1.25. The van der Waals surface area contributed by atoms with E-state index in [1.807, 2.05) is 0 Å². The predicted molar refractivity (Wildman–Crippen MR) is 149 cm³/mol. The Labute approximate surface area is 238 Å². The molecule has 40 heavy (non-hydrogen) atoms. The van der Waals surface area contributed by atoms with E-state index in [2.05, 4.69) is 37.7 Å². The molecule has 0 atom stereocenters. The van der Waals surface area contributed by atoms with Gasteiger partial charge >= 0.3 is 0 Å². The minimum atomic E-state index is -0.0932. The number of ether oxygens (including phenoxy) is 7. The molecule has 2 heterocycles. The Kier molecular flexibility index (Phi) is 17.6. The molecular weight excluding hydrogens is 520 g/mol. The number of nitrogens with zero attached hydrogens (tertiary/aromatic N) is 4. The number of hydrogen-bond donors (Lipinski definition) is 0. The molecule has 228 valence electrons. The van der Waals surface area contributed by atoms with Gasteiger partial charge in [0, 0.05) is 18.4 Å². The normalized spacial score (nSPS) is 13.7. The highest BCUT2D eigenvalue weighted by Crippen LogP contribution is 2.18. The lowest BCUT2D eigenvalue weighted by Gasteiger charge is -2.17. The quantitative estimate of drug-likeness (QED) is 0.163. The number of carbonyl (C=O) groups is 1. The molecule has 0 saturated heterocycles. The molecule has 0 spiro atoms. The van der Waals surface area contributed by atoms with E-state index < -0.39 is 0 Å². The van der Waals surface area contributed by atoms with E-state index in [4.69, 9.17) is 33.2 Å². The second-order valence-electron chi connectivity index (χ2n) is 10.3. The predicted octanol–water partition coefficient (Wildman–Crippen LogP) is 2.24. The fourth-order valence-electron chi connectivity index (χ4n) is 3.31. The maximum absolute atomic E-state index is 11.8. The van der Waals surface area contributed by atoms with Crippen molar-refractivity contribution in [1.29, 1.82) is 0 Å². The van der Waals surface area contributed by atoms with Crippen LogP contribution in [0.3, 0.4) is 0 Å². The summed E-state index contributed by atoms with van der Waals surface area (Å²) in [6, 6.07) is 0. The van der Waals surface area contributed by atoms with E-state index in [1.165, 1.54) is 6.08 Å². The minimum Gasteiger partial charge on any atom is -0.379 e. The molecule has 0 N–H and O–H groups in total. The first-order valence-corrected chi connectivity index (χ1v) is 14.0. The van der Waals surface area contributed by atoms with Crippen molar-refractivity contribution < 1.29 is 38.0 Å². The minimum absolute atomic E-state index is 0.0932. The number of aromatic nitrogens is 3. The molecule has 0 aliphatic carbocycles. The maximum Gasteiger partial charge on any atom is 0.251 e. The van der Waals surface area contributed by atoms with Gasteiger partial charge in [-0.1, -0.05) is 32.6 Å². The van der Waals surface area contributed by atoms with Gasteiger partial charge in [0.25, 0.3) is 5.91 Å². The lowest BCUT2D eigenvalue weighted by Crippen LogP contribution is -2.23. The smallest absolute Gasteiger partial charge is 0.251 e. The summed E-state index contributed by atoms with van der Waals surface area (Å²) >= 11 is 0. The first-order valence-electron chi connectivity index (χ1n) is 14.0. The zero-order valence-electron chi connectivity index (χ0n) is 24.5. The van der Waals surface area contributed by atoms with Gasteiger partial charge in [-0.3, -0.25) is 4.79 Å². The molecular formula is C28H48N4O8. The lowest BCUT2D eigenvalue weighted by atomic mass is 9.93. The van der Waals surface area contributed by atoms with Gasteiger partial charge in [0.1, 0.15) is 5.69 Å². The average Bonchev–Trinajstić information content (AvgIpc) is 3.50. The van der Waals surface area contributed by atoms with Gasteiger partial charge in [0.15, 0.2) is 0 Å². The van der Waals surface area contributed by atoms with Gasteiger partial charge in [-0.15, -0.1) is 5.10 Å². The Hall–Kier alpha value is -2.19. The topological polar surface area (TPSA) is 116 Å². The van der Waals surface area contributed by atoms with Crippen LogP contribution >= 0.6 is 0 Å². The number of hydrogen-bond acceptors (Lipinski definition) is 10. The standard InChI is InChI=1S/C28H48N4O8/c1-25-5-6-27(33)32(25)24-26-23-31(30-29-26)8-10-35-12-14-37-16-18-39-20-22-40-21-19-38-17-15-36-13-11-34-9-7-28(2,3)4/h5-6,23H,1,7-22,24H2,2-4H3. The van der Waals surface area contributed by atoms with Crippen molar-refractivity contribution in [3.63, 3.8) is 0 Å². The van der Waals surface area contributed by atoms with Crippen LogP contribution in [0, 0.1) is 5.41 Å². The van der Waals surface area contributed by atoms with Crippen molar-refractivity contribution in [3.8, 4) is 0 Å². The summed E-state index contributed by atoms with van der Waals surface area (Å²) in [7, 11) is 0. The van der Waals surface area contributed by atoms with Crippen LogP contribution in [-0.2, 0) is 51.0 Å². The first-order chi connectivity index (χ1) is 19.3. The molecule has 12 heteroatoms. The molecule has 1 amide bonds. The van der Waals surface area contributed by atoms with Gasteiger partial charge in [0.05, 0.1) is 105 Å². The van der Waals surface area contributed by atoms with Crippen molar-refractivity contribution in [2.24, 2.45) is 5.41 Å². The van der Waals surface area contributed by atoms with E-state index in [0.29, 0.717) is 116 Å². The summed E-state index contributed by atoms with van der Waals surface area (Å²) in [5.41, 5.74) is 1.66. The van der Waals surface area contributed by atoms with Gasteiger partial charge in [-0.05, 0) is 17.9 Å². The van der Waals surface area contributed by atoms with Crippen molar-refractivity contribution in [1.82, 2.24) is 19.9 Å². The zero-order valence-corrected chi connectivity index (χ0v) is 24.5. The molecule has 1 aliphatic rings. The highest BCUT2D eigenvalue weighted by molar-refractivity contribution is 5.92. The van der Waals surface area contributed by atoms with Crippen LogP contribution in [-0.4, -0.2) is 118 Å². The summed E-state index contributed by atoms with van der Waals surface area (Å²) in [4.78, 5) is 13.3. The second kappa shape index (κ2) is 20.7. The Bertz CT molecular complexity index is 838. The molecule has 12 nitrogen and oxygen atoms in total. The molecule has 0 unspecified atom stereocenters. The molecule has 0 bridgehead atoms. The van der Waals surface area contributed by atoms with Crippen LogP contribution in [0.15, 0.2) is 30.6 Å². The van der Waals surface area contributed by atoms with E-state index in [-0.39, 0.29) is 5.91 Å². The van der Waals surface area contributed by atoms with E-state index in [9.17, 15) is 4.79 Å². The summed E-state index contributed by atoms with van der Waals surface area (Å²) in [6.07, 6.45) is 6.03. The van der Waals surface area contributed by atoms with E-state index in [1.54, 1.807) is 21.9 Å². The van der Waals surface area contributed by atoms with E-state index in [0.717, 1.165) is 13.0 Å². The average molecular weight is 569 g/mol. The fraction of sp³-hybridized carbons (Fsp3) is 0.750. The molecule has 1 aromatic rings. The Morgan fingerprint density at radius 2 is 1.15 bits per heavy atom. The molecule has 1 aromatic heterocycles. The maximum atomic E-state index is 11.8. The van der Waals surface area contributed by atoms with Gasteiger partial charge in [-0.2, -0.15) is 0 Å². The molecule has 2 rings (SSSR count). The van der Waals surface area contributed by atoms with Crippen LogP contribution in [0.25, 0.3) is 0 Å². The largest absolute Gasteiger partial charge is 0.379 e. The SMILES string of the molecule is C=C1C=CC(=O)N1Cc1cn(CCOCCOCCOCCOCCOCCOCCOCCC(C)(C)C)nn1. The third-order valence-corrected chi connectivity index (χ3v) is 5.63. The van der Waals surface area contributed by atoms with Crippen molar-refractivity contribution in [2.45, 2.75) is 40.3 Å². The molecule has 0 radical (unpaired) electrons. The highest BCUT2D eigenvalue weighted by atomic mass is 16.6. The number of carbonyl (C=O) groups excluding carboxylic acids is 1. The van der Waals surface area contributed by atoms with Gasteiger partial charge in [0.2, 0.25) is 0 Å². The Morgan fingerprint density at radius 3 is 1.57 bits per heavy atom. The van der Waals surface area contributed by atoms with Crippen molar-refractivity contribution >= 4 is 5.91 Å². The molecule has 0 fully saturated rings. The van der Waals surface area contributed by atoms with Crippen molar-refractivity contribution in [2.75, 3.05) is 92.5 Å². The summed E-state index contributed by atoms with van der Waals surface area (Å²) in [5.74, 6) is -0.0932. The third kappa shape index (κ3) is 16.8. The fourth-order valence-corrected chi connectivity index (χ4v) is 3.31. The highest BCUT2D eigenvalue weighted by Gasteiger charge is 2.20.